The highest BCUT2D eigenvalue weighted by atomic mass is 19.1. The van der Waals surface area contributed by atoms with E-state index in [0.717, 1.165) is 29.4 Å². The SMILES string of the molecule is CC(=O)NC(CC(=O)N1CCC(c2cc3ncccc3cn2)CC1)c1ccc(F)cc1. The zero-order valence-electron chi connectivity index (χ0n) is 17.4. The molecule has 4 rings (SSSR count). The molecule has 0 radical (unpaired) electrons. The van der Waals surface area contributed by atoms with Crippen molar-refractivity contribution in [2.45, 2.75) is 38.1 Å². The lowest BCUT2D eigenvalue weighted by atomic mass is 9.92. The van der Waals surface area contributed by atoms with Gasteiger partial charge in [-0.3, -0.25) is 19.6 Å². The minimum Gasteiger partial charge on any atom is -0.349 e. The van der Waals surface area contributed by atoms with Crippen LogP contribution in [0, 0.1) is 5.82 Å². The summed E-state index contributed by atoms with van der Waals surface area (Å²) in [6.45, 7) is 2.70. The average molecular weight is 420 g/mol. The van der Waals surface area contributed by atoms with Crippen molar-refractivity contribution in [3.05, 3.63) is 71.9 Å². The summed E-state index contributed by atoms with van der Waals surface area (Å²) in [5.74, 6) is -0.304. The predicted molar refractivity (Wildman–Crippen MR) is 116 cm³/mol. The quantitative estimate of drug-likeness (QED) is 0.682. The van der Waals surface area contributed by atoms with Crippen LogP contribution in [0.25, 0.3) is 10.9 Å². The minimum absolute atomic E-state index is 0.0188. The van der Waals surface area contributed by atoms with E-state index in [1.165, 1.54) is 19.1 Å². The molecule has 160 valence electrons. The molecule has 1 atom stereocenters. The number of aromatic nitrogens is 2. The Morgan fingerprint density at radius 3 is 2.61 bits per heavy atom. The van der Waals surface area contributed by atoms with Gasteiger partial charge in [-0.25, -0.2) is 4.39 Å². The number of pyridine rings is 2. The molecule has 0 spiro atoms. The number of hydrogen-bond donors (Lipinski definition) is 1. The van der Waals surface area contributed by atoms with Crippen molar-refractivity contribution in [3.8, 4) is 0 Å². The third kappa shape index (κ3) is 5.05. The molecule has 2 aromatic heterocycles. The van der Waals surface area contributed by atoms with Gasteiger partial charge in [0.25, 0.3) is 0 Å². The summed E-state index contributed by atoms with van der Waals surface area (Å²) in [4.78, 5) is 35.4. The molecule has 0 aliphatic carbocycles. The van der Waals surface area contributed by atoms with Crippen LogP contribution in [0.15, 0.2) is 54.9 Å². The van der Waals surface area contributed by atoms with Crippen molar-refractivity contribution >= 4 is 22.7 Å². The molecule has 2 amide bonds. The van der Waals surface area contributed by atoms with Crippen LogP contribution in [0.3, 0.4) is 0 Å². The number of carbonyl (C=O) groups excluding carboxylic acids is 2. The number of amides is 2. The summed E-state index contributed by atoms with van der Waals surface area (Å²) in [6.07, 6.45) is 5.45. The fraction of sp³-hybridized carbons (Fsp3) is 0.333. The molecule has 1 aliphatic heterocycles. The maximum absolute atomic E-state index is 13.3. The van der Waals surface area contributed by atoms with Crippen molar-refractivity contribution in [1.82, 2.24) is 20.2 Å². The standard InChI is InChI=1S/C24H25FN4O2/c1-16(30)28-23(17-4-6-20(25)7-5-17)14-24(31)29-11-8-18(9-12-29)21-13-22-19(15-27-21)3-2-10-26-22/h2-7,10,13,15,18,23H,8-9,11-12,14H2,1H3,(H,28,30). The van der Waals surface area contributed by atoms with Crippen LogP contribution in [0.5, 0.6) is 0 Å². The van der Waals surface area contributed by atoms with Crippen molar-refractivity contribution in [1.29, 1.82) is 0 Å². The van der Waals surface area contributed by atoms with E-state index < -0.39 is 6.04 Å². The van der Waals surface area contributed by atoms with Crippen LogP contribution >= 0.6 is 0 Å². The van der Waals surface area contributed by atoms with Gasteiger partial charge in [0.1, 0.15) is 5.82 Å². The van der Waals surface area contributed by atoms with Crippen LogP contribution < -0.4 is 5.32 Å². The smallest absolute Gasteiger partial charge is 0.224 e. The summed E-state index contributed by atoms with van der Waals surface area (Å²) in [7, 11) is 0. The number of carbonyl (C=O) groups is 2. The number of rotatable bonds is 5. The molecular weight excluding hydrogens is 395 g/mol. The largest absolute Gasteiger partial charge is 0.349 e. The highest BCUT2D eigenvalue weighted by molar-refractivity contribution is 5.79. The number of nitrogens with zero attached hydrogens (tertiary/aromatic N) is 3. The molecule has 1 N–H and O–H groups in total. The summed E-state index contributed by atoms with van der Waals surface area (Å²) in [5, 5.41) is 3.83. The van der Waals surface area contributed by atoms with Gasteiger partial charge in [0, 0.05) is 49.4 Å². The van der Waals surface area contributed by atoms with E-state index in [-0.39, 0.29) is 24.1 Å². The summed E-state index contributed by atoms with van der Waals surface area (Å²) < 4.78 is 13.3. The highest BCUT2D eigenvalue weighted by Crippen LogP contribution is 2.29. The lowest BCUT2D eigenvalue weighted by Gasteiger charge is -2.33. The van der Waals surface area contributed by atoms with Gasteiger partial charge in [-0.1, -0.05) is 12.1 Å². The molecule has 1 fully saturated rings. The molecule has 1 aliphatic rings. The first-order valence-electron chi connectivity index (χ1n) is 10.5. The van der Waals surface area contributed by atoms with E-state index in [1.54, 1.807) is 18.3 Å². The predicted octanol–water partition coefficient (Wildman–Crippen LogP) is 3.74. The Labute approximate surface area is 180 Å². The summed E-state index contributed by atoms with van der Waals surface area (Å²) in [5.41, 5.74) is 2.66. The summed E-state index contributed by atoms with van der Waals surface area (Å²) >= 11 is 0. The molecule has 6 nitrogen and oxygen atoms in total. The van der Waals surface area contributed by atoms with Crippen LogP contribution in [-0.4, -0.2) is 39.8 Å². The first-order chi connectivity index (χ1) is 15.0. The average Bonchev–Trinajstić information content (AvgIpc) is 2.78. The molecule has 31 heavy (non-hydrogen) atoms. The van der Waals surface area contributed by atoms with E-state index >= 15 is 0 Å². The molecule has 0 saturated carbocycles. The van der Waals surface area contributed by atoms with Gasteiger partial charge in [-0.05, 0) is 48.7 Å². The number of hydrogen-bond acceptors (Lipinski definition) is 4. The Morgan fingerprint density at radius 1 is 1.16 bits per heavy atom. The van der Waals surface area contributed by atoms with Crippen LogP contribution in [0.2, 0.25) is 0 Å². The molecule has 0 bridgehead atoms. The van der Waals surface area contributed by atoms with Crippen molar-refractivity contribution in [2.24, 2.45) is 0 Å². The molecule has 3 aromatic rings. The number of piperidine rings is 1. The van der Waals surface area contributed by atoms with Gasteiger partial charge in [-0.2, -0.15) is 0 Å². The van der Waals surface area contributed by atoms with Crippen LogP contribution in [-0.2, 0) is 9.59 Å². The maximum Gasteiger partial charge on any atom is 0.224 e. The van der Waals surface area contributed by atoms with E-state index in [0.29, 0.717) is 24.6 Å². The number of nitrogens with one attached hydrogen (secondary N) is 1. The zero-order valence-corrected chi connectivity index (χ0v) is 17.4. The maximum atomic E-state index is 13.3. The van der Waals surface area contributed by atoms with E-state index in [4.69, 9.17) is 0 Å². The highest BCUT2D eigenvalue weighted by Gasteiger charge is 2.27. The molecular formula is C24H25FN4O2. The second-order valence-corrected chi connectivity index (χ2v) is 7.97. The molecule has 1 saturated heterocycles. The van der Waals surface area contributed by atoms with Gasteiger partial charge in [0.15, 0.2) is 0 Å². The Kier molecular flexibility index (Phi) is 6.21. The number of benzene rings is 1. The fourth-order valence-electron chi connectivity index (χ4n) is 4.13. The van der Waals surface area contributed by atoms with Crippen LogP contribution in [0.4, 0.5) is 4.39 Å². The zero-order chi connectivity index (χ0) is 21.8. The second-order valence-electron chi connectivity index (χ2n) is 7.97. The lowest BCUT2D eigenvalue weighted by molar-refractivity contribution is -0.133. The van der Waals surface area contributed by atoms with Gasteiger partial charge in [0.2, 0.25) is 11.8 Å². The van der Waals surface area contributed by atoms with Gasteiger partial charge >= 0.3 is 0 Å². The summed E-state index contributed by atoms with van der Waals surface area (Å²) in [6, 6.07) is 11.3. The van der Waals surface area contributed by atoms with Crippen molar-refractivity contribution in [2.75, 3.05) is 13.1 Å². The molecule has 7 heteroatoms. The number of likely N-dealkylation sites (tertiary alicyclic amines) is 1. The van der Waals surface area contributed by atoms with E-state index in [2.05, 4.69) is 15.3 Å². The second kappa shape index (κ2) is 9.20. The van der Waals surface area contributed by atoms with E-state index in [9.17, 15) is 14.0 Å². The molecule has 1 unspecified atom stereocenters. The number of fused-ring (bicyclic) bond motifs is 1. The number of halogens is 1. The molecule has 1 aromatic carbocycles. The molecule has 3 heterocycles. The van der Waals surface area contributed by atoms with Crippen LogP contribution in [0.1, 0.15) is 49.4 Å². The Hall–Kier alpha value is -3.35. The first-order valence-corrected chi connectivity index (χ1v) is 10.5. The monoisotopic (exact) mass is 420 g/mol. The topological polar surface area (TPSA) is 75.2 Å². The van der Waals surface area contributed by atoms with Crippen molar-refractivity contribution in [3.63, 3.8) is 0 Å². The Balaban J connectivity index is 1.39. The van der Waals surface area contributed by atoms with Crippen molar-refractivity contribution < 1.29 is 14.0 Å². The van der Waals surface area contributed by atoms with Gasteiger partial charge in [0.05, 0.1) is 18.0 Å². The van der Waals surface area contributed by atoms with Gasteiger partial charge < -0.3 is 10.2 Å². The normalized spacial score (nSPS) is 15.6. The first kappa shape index (κ1) is 20.9. The fourth-order valence-corrected chi connectivity index (χ4v) is 4.13. The van der Waals surface area contributed by atoms with E-state index in [1.807, 2.05) is 29.3 Å². The minimum atomic E-state index is -0.475. The Bertz CT molecular complexity index is 1080. The lowest BCUT2D eigenvalue weighted by Crippen LogP contribution is -2.40. The van der Waals surface area contributed by atoms with Gasteiger partial charge in [-0.15, -0.1) is 0 Å². The Morgan fingerprint density at radius 2 is 1.90 bits per heavy atom. The third-order valence-corrected chi connectivity index (χ3v) is 5.80. The third-order valence-electron chi connectivity index (χ3n) is 5.80.